The van der Waals surface area contributed by atoms with Gasteiger partial charge in [0, 0.05) is 12.6 Å². The average molecular weight is 240 g/mol. The molecule has 0 saturated carbocycles. The summed E-state index contributed by atoms with van der Waals surface area (Å²) in [6, 6.07) is 2.01. The van der Waals surface area contributed by atoms with Crippen molar-refractivity contribution in [2.45, 2.75) is 6.92 Å². The summed E-state index contributed by atoms with van der Waals surface area (Å²) in [5.74, 6) is -1.64. The standard InChI is InChI=1S/C12H14F2N2O/c1-3-4-15-7-12(17)16-11-6-9(13)8(2)5-10(11)14/h3,5-6,15H,1,4,7H2,2H3,(H,16,17). The van der Waals surface area contributed by atoms with Gasteiger partial charge in [-0.2, -0.15) is 0 Å². The molecule has 0 aromatic heterocycles. The van der Waals surface area contributed by atoms with Gasteiger partial charge < -0.3 is 10.6 Å². The van der Waals surface area contributed by atoms with E-state index in [1.54, 1.807) is 6.08 Å². The van der Waals surface area contributed by atoms with Crippen molar-refractivity contribution in [1.29, 1.82) is 0 Å². The Bertz CT molecular complexity index is 433. The first-order chi connectivity index (χ1) is 8.04. The van der Waals surface area contributed by atoms with Crippen LogP contribution in [0.15, 0.2) is 24.8 Å². The lowest BCUT2D eigenvalue weighted by Crippen LogP contribution is -2.28. The van der Waals surface area contributed by atoms with E-state index >= 15 is 0 Å². The molecule has 0 spiro atoms. The number of carbonyl (C=O) groups is 1. The molecule has 1 rings (SSSR count). The summed E-state index contributed by atoms with van der Waals surface area (Å²) in [6.45, 7) is 5.41. The first-order valence-corrected chi connectivity index (χ1v) is 5.11. The van der Waals surface area contributed by atoms with Crippen molar-refractivity contribution in [3.05, 3.63) is 42.0 Å². The topological polar surface area (TPSA) is 41.1 Å². The Morgan fingerprint density at radius 1 is 1.41 bits per heavy atom. The number of carbonyl (C=O) groups excluding carboxylic acids is 1. The summed E-state index contributed by atoms with van der Waals surface area (Å²) in [5.41, 5.74) is 0.0452. The van der Waals surface area contributed by atoms with Gasteiger partial charge in [-0.15, -0.1) is 6.58 Å². The molecule has 17 heavy (non-hydrogen) atoms. The monoisotopic (exact) mass is 240 g/mol. The van der Waals surface area contributed by atoms with Crippen LogP contribution >= 0.6 is 0 Å². The highest BCUT2D eigenvalue weighted by molar-refractivity contribution is 5.92. The third-order valence-electron chi connectivity index (χ3n) is 2.10. The molecule has 1 amide bonds. The van der Waals surface area contributed by atoms with E-state index in [0.717, 1.165) is 12.1 Å². The number of anilines is 1. The smallest absolute Gasteiger partial charge is 0.238 e. The Hall–Kier alpha value is -1.75. The molecule has 0 aliphatic carbocycles. The molecule has 1 aromatic carbocycles. The minimum atomic E-state index is -0.652. The second-order valence-corrected chi connectivity index (χ2v) is 3.55. The molecule has 0 fully saturated rings. The van der Waals surface area contributed by atoms with E-state index in [-0.39, 0.29) is 17.8 Å². The van der Waals surface area contributed by atoms with Gasteiger partial charge in [0.25, 0.3) is 0 Å². The lowest BCUT2D eigenvalue weighted by atomic mass is 10.2. The Kier molecular flexibility index (Phi) is 4.78. The van der Waals surface area contributed by atoms with Crippen LogP contribution in [-0.2, 0) is 4.79 Å². The first kappa shape index (κ1) is 13.3. The predicted molar refractivity (Wildman–Crippen MR) is 62.8 cm³/mol. The third-order valence-corrected chi connectivity index (χ3v) is 2.10. The minimum Gasteiger partial charge on any atom is -0.322 e. The molecule has 0 aliphatic rings. The molecule has 0 saturated heterocycles. The van der Waals surface area contributed by atoms with E-state index in [0.29, 0.717) is 6.54 Å². The van der Waals surface area contributed by atoms with Crippen molar-refractivity contribution in [2.24, 2.45) is 0 Å². The Morgan fingerprint density at radius 2 is 2.12 bits per heavy atom. The molecule has 0 heterocycles. The van der Waals surface area contributed by atoms with Crippen LogP contribution in [0.5, 0.6) is 0 Å². The van der Waals surface area contributed by atoms with Crippen molar-refractivity contribution in [3.63, 3.8) is 0 Å². The lowest BCUT2D eigenvalue weighted by Gasteiger charge is -2.08. The number of hydrogen-bond acceptors (Lipinski definition) is 2. The van der Waals surface area contributed by atoms with Gasteiger partial charge in [-0.3, -0.25) is 4.79 Å². The Balaban J connectivity index is 2.65. The molecule has 0 bridgehead atoms. The van der Waals surface area contributed by atoms with Gasteiger partial charge in [-0.05, 0) is 18.6 Å². The van der Waals surface area contributed by atoms with Crippen LogP contribution in [0.2, 0.25) is 0 Å². The second-order valence-electron chi connectivity index (χ2n) is 3.55. The summed E-state index contributed by atoms with van der Waals surface area (Å²) in [5, 5.41) is 5.04. The van der Waals surface area contributed by atoms with E-state index in [2.05, 4.69) is 17.2 Å². The summed E-state index contributed by atoms with van der Waals surface area (Å²) < 4.78 is 26.5. The zero-order valence-corrected chi connectivity index (χ0v) is 9.52. The fourth-order valence-electron chi connectivity index (χ4n) is 1.22. The van der Waals surface area contributed by atoms with E-state index in [9.17, 15) is 13.6 Å². The van der Waals surface area contributed by atoms with Crippen LogP contribution in [0.25, 0.3) is 0 Å². The average Bonchev–Trinajstić information content (AvgIpc) is 2.26. The normalized spacial score (nSPS) is 10.1. The van der Waals surface area contributed by atoms with Gasteiger partial charge in [0.05, 0.1) is 12.2 Å². The van der Waals surface area contributed by atoms with Gasteiger partial charge in [-0.25, -0.2) is 8.78 Å². The maximum Gasteiger partial charge on any atom is 0.238 e. The maximum atomic E-state index is 13.4. The quantitative estimate of drug-likeness (QED) is 0.610. The van der Waals surface area contributed by atoms with Crippen molar-refractivity contribution in [1.82, 2.24) is 5.32 Å². The van der Waals surface area contributed by atoms with E-state index < -0.39 is 17.5 Å². The molecule has 5 heteroatoms. The highest BCUT2D eigenvalue weighted by Gasteiger charge is 2.09. The summed E-state index contributed by atoms with van der Waals surface area (Å²) in [7, 11) is 0. The molecule has 1 aromatic rings. The van der Waals surface area contributed by atoms with Crippen LogP contribution in [0, 0.1) is 18.6 Å². The third kappa shape index (κ3) is 3.96. The SMILES string of the molecule is C=CCNCC(=O)Nc1cc(F)c(C)cc1F. The number of benzene rings is 1. The first-order valence-electron chi connectivity index (χ1n) is 5.11. The van der Waals surface area contributed by atoms with Crippen LogP contribution in [0.1, 0.15) is 5.56 Å². The Labute approximate surface area is 98.5 Å². The van der Waals surface area contributed by atoms with Gasteiger partial charge in [0.1, 0.15) is 11.6 Å². The summed E-state index contributed by atoms with van der Waals surface area (Å²) >= 11 is 0. The van der Waals surface area contributed by atoms with Crippen LogP contribution < -0.4 is 10.6 Å². The molecular formula is C12H14F2N2O. The maximum absolute atomic E-state index is 13.4. The van der Waals surface area contributed by atoms with Gasteiger partial charge in [0.15, 0.2) is 0 Å². The van der Waals surface area contributed by atoms with E-state index in [1.807, 2.05) is 0 Å². The van der Waals surface area contributed by atoms with Gasteiger partial charge >= 0.3 is 0 Å². The highest BCUT2D eigenvalue weighted by Crippen LogP contribution is 2.18. The van der Waals surface area contributed by atoms with Gasteiger partial charge in [0.2, 0.25) is 5.91 Å². The van der Waals surface area contributed by atoms with Crippen molar-refractivity contribution >= 4 is 11.6 Å². The number of halogens is 2. The molecule has 3 nitrogen and oxygen atoms in total. The van der Waals surface area contributed by atoms with Crippen LogP contribution in [0.4, 0.5) is 14.5 Å². The van der Waals surface area contributed by atoms with Crippen LogP contribution in [0.3, 0.4) is 0 Å². The van der Waals surface area contributed by atoms with Gasteiger partial charge in [-0.1, -0.05) is 6.08 Å². The van der Waals surface area contributed by atoms with Crippen molar-refractivity contribution < 1.29 is 13.6 Å². The lowest BCUT2D eigenvalue weighted by molar-refractivity contribution is -0.115. The minimum absolute atomic E-state index is 0.0148. The molecule has 92 valence electrons. The number of hydrogen-bond donors (Lipinski definition) is 2. The van der Waals surface area contributed by atoms with Crippen molar-refractivity contribution in [2.75, 3.05) is 18.4 Å². The zero-order valence-electron chi connectivity index (χ0n) is 9.52. The number of rotatable bonds is 5. The number of amides is 1. The summed E-state index contributed by atoms with van der Waals surface area (Å²) in [4.78, 5) is 11.3. The molecule has 0 unspecified atom stereocenters. The molecular weight excluding hydrogens is 226 g/mol. The van der Waals surface area contributed by atoms with Crippen molar-refractivity contribution in [3.8, 4) is 0 Å². The molecule has 0 radical (unpaired) electrons. The molecule has 0 atom stereocenters. The summed E-state index contributed by atoms with van der Waals surface area (Å²) in [6.07, 6.45) is 1.60. The fraction of sp³-hybridized carbons (Fsp3) is 0.250. The van der Waals surface area contributed by atoms with E-state index in [4.69, 9.17) is 0 Å². The Morgan fingerprint density at radius 3 is 2.76 bits per heavy atom. The number of aryl methyl sites for hydroxylation is 1. The molecule has 0 aliphatic heterocycles. The predicted octanol–water partition coefficient (Wildman–Crippen LogP) is 1.99. The number of nitrogens with one attached hydrogen (secondary N) is 2. The van der Waals surface area contributed by atoms with E-state index in [1.165, 1.54) is 6.92 Å². The highest BCUT2D eigenvalue weighted by atomic mass is 19.1. The second kappa shape index (κ2) is 6.10. The molecule has 2 N–H and O–H groups in total. The largest absolute Gasteiger partial charge is 0.322 e. The zero-order chi connectivity index (χ0) is 12.8. The van der Waals surface area contributed by atoms with Crippen LogP contribution in [-0.4, -0.2) is 19.0 Å². The fourth-order valence-corrected chi connectivity index (χ4v) is 1.22.